The summed E-state index contributed by atoms with van der Waals surface area (Å²) in [6.07, 6.45) is 16.0. The van der Waals surface area contributed by atoms with Crippen molar-refractivity contribution in [3.8, 4) is 0 Å². The number of hydrogen-bond donors (Lipinski definition) is 2. The van der Waals surface area contributed by atoms with E-state index >= 15 is 0 Å². The van der Waals surface area contributed by atoms with Gasteiger partial charge in [-0.25, -0.2) is 9.59 Å². The van der Waals surface area contributed by atoms with Gasteiger partial charge in [0.1, 0.15) is 0 Å². The normalized spacial score (nSPS) is 41.3. The van der Waals surface area contributed by atoms with Crippen molar-refractivity contribution >= 4 is 17.6 Å². The summed E-state index contributed by atoms with van der Waals surface area (Å²) < 4.78 is 0. The van der Waals surface area contributed by atoms with E-state index in [1.807, 2.05) is 12.1 Å². The second-order valence-electron chi connectivity index (χ2n) is 21.2. The first kappa shape index (κ1) is 38.5. The van der Waals surface area contributed by atoms with Gasteiger partial charge in [-0.05, 0) is 171 Å². The Bertz CT molecular complexity index is 1620. The summed E-state index contributed by atoms with van der Waals surface area (Å²) in [7, 11) is 2.24. The molecule has 0 bridgehead atoms. The van der Waals surface area contributed by atoms with Crippen molar-refractivity contribution in [3.63, 3.8) is 0 Å². The van der Waals surface area contributed by atoms with Crippen LogP contribution in [-0.2, 0) is 0 Å². The molecule has 0 radical (unpaired) electrons. The Morgan fingerprint density at radius 2 is 1.46 bits per heavy atom. The maximum Gasteiger partial charge on any atom is 0.335 e. The molecule has 1 aromatic carbocycles. The number of likely N-dealkylation sites (tertiary alicyclic amines) is 1. The highest BCUT2D eigenvalue weighted by Crippen LogP contribution is 2.76. The highest BCUT2D eigenvalue weighted by molar-refractivity contribution is 5.88. The lowest BCUT2D eigenvalue weighted by Crippen LogP contribution is -2.69. The van der Waals surface area contributed by atoms with Crippen molar-refractivity contribution in [2.24, 2.45) is 57.2 Å². The molecule has 9 atom stereocenters. The van der Waals surface area contributed by atoms with Gasteiger partial charge in [-0.2, -0.15) is 0 Å². The third kappa shape index (κ3) is 5.85. The van der Waals surface area contributed by atoms with E-state index in [1.165, 1.54) is 75.6 Å². The van der Waals surface area contributed by atoms with Crippen molar-refractivity contribution in [3.05, 3.63) is 41.5 Å². The number of urea groups is 1. The number of aromatic carboxylic acids is 1. The average Bonchev–Trinajstić information content (AvgIpc) is 3.52. The van der Waals surface area contributed by atoms with E-state index in [-0.39, 0.29) is 33.2 Å². The Morgan fingerprint density at radius 1 is 0.778 bits per heavy atom. The smallest absolute Gasteiger partial charge is 0.335 e. The minimum Gasteiger partial charge on any atom is -0.478 e. The van der Waals surface area contributed by atoms with E-state index in [2.05, 4.69) is 81.6 Å². The van der Waals surface area contributed by atoms with Crippen molar-refractivity contribution in [1.82, 2.24) is 20.0 Å². The number of amides is 2. The van der Waals surface area contributed by atoms with Crippen LogP contribution >= 0.6 is 0 Å². The van der Waals surface area contributed by atoms with E-state index in [4.69, 9.17) is 0 Å². The van der Waals surface area contributed by atoms with E-state index in [0.717, 1.165) is 45.4 Å². The van der Waals surface area contributed by atoms with Crippen LogP contribution in [0.15, 0.2) is 30.3 Å². The van der Waals surface area contributed by atoms with Gasteiger partial charge >= 0.3 is 12.0 Å². The maximum atomic E-state index is 14.3. The van der Waals surface area contributed by atoms with Crippen LogP contribution in [0, 0.1) is 57.2 Å². The van der Waals surface area contributed by atoms with Gasteiger partial charge in [-0.15, -0.1) is 0 Å². The largest absolute Gasteiger partial charge is 0.478 e. The summed E-state index contributed by atoms with van der Waals surface area (Å²) in [5.74, 6) is 2.86. The molecule has 2 N–H and O–H groups in total. The molecular formula is C47H72N4O3. The average molecular weight is 741 g/mol. The van der Waals surface area contributed by atoms with Gasteiger partial charge in [0.15, 0.2) is 0 Å². The zero-order valence-electron chi connectivity index (χ0n) is 35.1. The van der Waals surface area contributed by atoms with Gasteiger partial charge in [0, 0.05) is 37.8 Å². The summed E-state index contributed by atoms with van der Waals surface area (Å²) in [6, 6.07) is 8.52. The van der Waals surface area contributed by atoms with Crippen molar-refractivity contribution in [2.75, 3.05) is 46.3 Å². The molecule has 4 saturated carbocycles. The van der Waals surface area contributed by atoms with Crippen LogP contribution in [0.4, 0.5) is 4.79 Å². The van der Waals surface area contributed by atoms with Crippen molar-refractivity contribution in [1.29, 1.82) is 0 Å². The SMILES string of the molecule is CC(C)[C@@H]1CC[C@]2(NC(=O)N3CCN(C4CCN(C)CC4)CC3)CC[C@]3(C)[C@H](CC[C@@H]4[C@@]5(C)CC=C(c6ccc(C(=O)O)cc6)C(C)(C)[C@@H]5CC[C@]43C)[C@@H]12. The molecule has 5 aliphatic carbocycles. The number of nitrogens with zero attached hydrogens (tertiary/aromatic N) is 3. The number of nitrogens with one attached hydrogen (secondary N) is 1. The summed E-state index contributed by atoms with van der Waals surface area (Å²) >= 11 is 0. The summed E-state index contributed by atoms with van der Waals surface area (Å²) in [5.41, 5.74) is 3.61. The lowest BCUT2D eigenvalue weighted by molar-refractivity contribution is -0.220. The molecule has 0 spiro atoms. The summed E-state index contributed by atoms with van der Waals surface area (Å²) in [6.45, 7) is 24.1. The van der Waals surface area contributed by atoms with Gasteiger partial charge in [0.2, 0.25) is 0 Å². The highest BCUT2D eigenvalue weighted by atomic mass is 16.4. The molecule has 6 fully saturated rings. The molecule has 1 aromatic rings. The first-order valence-corrected chi connectivity index (χ1v) is 22.1. The maximum absolute atomic E-state index is 14.3. The monoisotopic (exact) mass is 741 g/mol. The molecular weight excluding hydrogens is 669 g/mol. The number of piperazine rings is 1. The number of fused-ring (bicyclic) bond motifs is 7. The number of hydrogen-bond acceptors (Lipinski definition) is 4. The molecule has 54 heavy (non-hydrogen) atoms. The van der Waals surface area contributed by atoms with E-state index in [1.54, 1.807) is 12.1 Å². The zero-order chi connectivity index (χ0) is 38.4. The fourth-order valence-corrected chi connectivity index (χ4v) is 15.4. The Kier molecular flexibility index (Phi) is 9.72. The topological polar surface area (TPSA) is 76.1 Å². The molecule has 7 aliphatic rings. The second-order valence-corrected chi connectivity index (χ2v) is 21.2. The lowest BCUT2D eigenvalue weighted by atomic mass is 9.33. The highest BCUT2D eigenvalue weighted by Gasteiger charge is 2.70. The van der Waals surface area contributed by atoms with Crippen LogP contribution < -0.4 is 5.32 Å². The Morgan fingerprint density at radius 3 is 2.11 bits per heavy atom. The molecule has 2 heterocycles. The summed E-state index contributed by atoms with van der Waals surface area (Å²) in [4.78, 5) is 33.2. The number of carboxylic acid groups (broad SMARTS) is 1. The van der Waals surface area contributed by atoms with Gasteiger partial charge in [0.05, 0.1) is 5.56 Å². The van der Waals surface area contributed by atoms with Gasteiger partial charge in [-0.1, -0.05) is 66.7 Å². The number of rotatable bonds is 5. The standard InChI is InChI=1S/C47H72N4O3/c1-31(2)35-15-22-47(48-42(54)51-29-27-50(28-30-51)34-18-25-49(8)26-19-34)24-23-45(6)37(40(35)47)13-14-39-44(5)20-16-36(32-9-11-33(12-10-32)41(52)53)43(3,4)38(44)17-21-46(39,45)7/h9-12,16,31,34-35,37-40H,13-15,17-30H2,1-8H3,(H,48,54)(H,52,53)/t35-,37+,38-,39+,40+,44-,45+,46+,47-/m0/s1. The van der Waals surface area contributed by atoms with Crippen LogP contribution in [0.3, 0.4) is 0 Å². The molecule has 2 amide bonds. The lowest BCUT2D eigenvalue weighted by Gasteiger charge is -2.72. The number of piperidine rings is 1. The number of allylic oxidation sites excluding steroid dienone is 2. The fourth-order valence-electron chi connectivity index (χ4n) is 15.4. The van der Waals surface area contributed by atoms with E-state index in [0.29, 0.717) is 47.1 Å². The van der Waals surface area contributed by atoms with Gasteiger partial charge in [0.25, 0.3) is 0 Å². The molecule has 7 heteroatoms. The minimum atomic E-state index is -0.863. The quantitative estimate of drug-likeness (QED) is 0.315. The minimum absolute atomic E-state index is 0.00954. The van der Waals surface area contributed by atoms with E-state index in [9.17, 15) is 14.7 Å². The Labute approximate surface area is 327 Å². The predicted molar refractivity (Wildman–Crippen MR) is 218 cm³/mol. The Hall–Kier alpha value is -2.38. The van der Waals surface area contributed by atoms with Crippen molar-refractivity contribution < 1.29 is 14.7 Å². The first-order chi connectivity index (χ1) is 25.5. The van der Waals surface area contributed by atoms with Crippen LogP contribution in [0.5, 0.6) is 0 Å². The molecule has 298 valence electrons. The predicted octanol–water partition coefficient (Wildman–Crippen LogP) is 9.29. The molecule has 8 rings (SSSR count). The summed E-state index contributed by atoms with van der Waals surface area (Å²) in [5, 5.41) is 13.4. The van der Waals surface area contributed by atoms with Crippen molar-refractivity contribution in [2.45, 2.75) is 131 Å². The molecule has 2 aliphatic heterocycles. The molecule has 0 aromatic heterocycles. The van der Waals surface area contributed by atoms with Crippen LogP contribution in [-0.4, -0.2) is 89.7 Å². The van der Waals surface area contributed by atoms with E-state index < -0.39 is 5.97 Å². The van der Waals surface area contributed by atoms with Crippen LogP contribution in [0.1, 0.15) is 135 Å². The first-order valence-electron chi connectivity index (χ1n) is 22.1. The third-order valence-corrected chi connectivity index (χ3v) is 18.5. The number of carbonyl (C=O) groups excluding carboxylic acids is 1. The van der Waals surface area contributed by atoms with Crippen LogP contribution in [0.2, 0.25) is 0 Å². The number of carboxylic acids is 1. The number of benzene rings is 1. The molecule has 7 nitrogen and oxygen atoms in total. The molecule has 2 saturated heterocycles. The second kappa shape index (κ2) is 13.6. The zero-order valence-corrected chi connectivity index (χ0v) is 35.1. The third-order valence-electron chi connectivity index (χ3n) is 18.5. The number of carbonyl (C=O) groups is 2. The van der Waals surface area contributed by atoms with Gasteiger partial charge < -0.3 is 20.2 Å². The van der Waals surface area contributed by atoms with Gasteiger partial charge in [-0.3, -0.25) is 4.90 Å². The molecule has 0 unspecified atom stereocenters. The fraction of sp³-hybridized carbons (Fsp3) is 0.787. The van der Waals surface area contributed by atoms with Crippen LogP contribution in [0.25, 0.3) is 5.57 Å². The Balaban J connectivity index is 1.02.